The maximum Gasteiger partial charge on any atom is 0.408 e. The van der Waals surface area contributed by atoms with Crippen molar-refractivity contribution in [3.8, 4) is 0 Å². The summed E-state index contributed by atoms with van der Waals surface area (Å²) in [6.45, 7) is 4.32. The fourth-order valence-electron chi connectivity index (χ4n) is 3.91. The minimum atomic E-state index is -1.17. The minimum absolute atomic E-state index is 0.0152. The van der Waals surface area contributed by atoms with Gasteiger partial charge in [-0.1, -0.05) is 44.2 Å². The van der Waals surface area contributed by atoms with Crippen molar-refractivity contribution in [1.29, 1.82) is 0 Å². The van der Waals surface area contributed by atoms with Crippen LogP contribution in [0.1, 0.15) is 51.5 Å². The van der Waals surface area contributed by atoms with Crippen molar-refractivity contribution in [1.82, 2.24) is 21.3 Å². The average Bonchev–Trinajstić information content (AvgIpc) is 3.55. The molecule has 35 heavy (non-hydrogen) atoms. The van der Waals surface area contributed by atoms with Gasteiger partial charge in [-0.05, 0) is 43.6 Å². The quantitative estimate of drug-likeness (QED) is 0.327. The van der Waals surface area contributed by atoms with E-state index in [1.54, 1.807) is 0 Å². The summed E-state index contributed by atoms with van der Waals surface area (Å²) < 4.78 is 5.24. The van der Waals surface area contributed by atoms with Gasteiger partial charge in [-0.15, -0.1) is 0 Å². The molecule has 1 aliphatic carbocycles. The Labute approximate surface area is 204 Å². The van der Waals surface area contributed by atoms with Crippen LogP contribution in [-0.4, -0.2) is 54.3 Å². The number of hydrogen-bond acceptors (Lipinski definition) is 6. The third-order valence-corrected chi connectivity index (χ3v) is 5.98. The van der Waals surface area contributed by atoms with Crippen LogP contribution in [0.3, 0.4) is 0 Å². The van der Waals surface area contributed by atoms with Crippen LogP contribution in [0, 0.1) is 11.8 Å². The normalized spacial score (nSPS) is 18.8. The van der Waals surface area contributed by atoms with Gasteiger partial charge in [0.15, 0.2) is 0 Å². The molecule has 0 aromatic heterocycles. The molecule has 4 N–H and O–H groups in total. The van der Waals surface area contributed by atoms with E-state index in [0.29, 0.717) is 19.4 Å². The summed E-state index contributed by atoms with van der Waals surface area (Å²) in [5, 5.41) is 10.5. The van der Waals surface area contributed by atoms with Gasteiger partial charge in [-0.25, -0.2) is 4.79 Å². The summed E-state index contributed by atoms with van der Waals surface area (Å²) in [5.41, 5.74) is 0.801. The molecule has 0 unspecified atom stereocenters. The number of Topliss-reactive ketones (excluding diaryl/α,β-unsaturated/α-hetero) is 1. The van der Waals surface area contributed by atoms with Crippen molar-refractivity contribution < 1.29 is 28.7 Å². The molecule has 1 heterocycles. The maximum absolute atomic E-state index is 13.1. The Morgan fingerprint density at radius 2 is 1.74 bits per heavy atom. The number of carbonyl (C=O) groups excluding carboxylic acids is 5. The molecular formula is C25H34N4O6. The largest absolute Gasteiger partial charge is 0.445 e. The third-order valence-electron chi connectivity index (χ3n) is 5.98. The Hall–Kier alpha value is -3.43. The lowest BCUT2D eigenvalue weighted by Crippen LogP contribution is -2.55. The van der Waals surface area contributed by atoms with Crippen LogP contribution in [0.5, 0.6) is 0 Å². The molecule has 0 radical (unpaired) electrons. The highest BCUT2D eigenvalue weighted by atomic mass is 16.5. The lowest BCUT2D eigenvalue weighted by atomic mass is 9.94. The topological polar surface area (TPSA) is 143 Å². The predicted molar refractivity (Wildman–Crippen MR) is 127 cm³/mol. The maximum atomic E-state index is 13.1. The molecule has 1 aromatic carbocycles. The van der Waals surface area contributed by atoms with Crippen LogP contribution in [0.2, 0.25) is 0 Å². The predicted octanol–water partition coefficient (Wildman–Crippen LogP) is 1.19. The van der Waals surface area contributed by atoms with Crippen molar-refractivity contribution in [2.45, 2.75) is 70.7 Å². The van der Waals surface area contributed by atoms with Gasteiger partial charge in [-0.2, -0.15) is 0 Å². The monoisotopic (exact) mass is 486 g/mol. The SMILES string of the molecule is CC(C)C[C@H](NC(=O)OCc1ccccc1)C(=O)N[C@@H](C[C@@H]1CCNC1=O)C(=O)C(=O)NC1CC1. The van der Waals surface area contributed by atoms with Crippen molar-refractivity contribution in [2.24, 2.45) is 11.8 Å². The Balaban J connectivity index is 1.65. The van der Waals surface area contributed by atoms with Gasteiger partial charge in [0.1, 0.15) is 12.6 Å². The third kappa shape index (κ3) is 8.38. The summed E-state index contributed by atoms with van der Waals surface area (Å²) in [6, 6.07) is 6.96. The second kappa shape index (κ2) is 12.3. The number of ether oxygens (including phenoxy) is 1. The lowest BCUT2D eigenvalue weighted by Gasteiger charge is -2.24. The van der Waals surface area contributed by atoms with Crippen molar-refractivity contribution in [3.05, 3.63) is 35.9 Å². The molecule has 10 nitrogen and oxygen atoms in total. The fraction of sp³-hybridized carbons (Fsp3) is 0.560. The second-order valence-corrected chi connectivity index (χ2v) is 9.57. The van der Waals surface area contributed by atoms with Gasteiger partial charge in [0.25, 0.3) is 5.91 Å². The molecule has 190 valence electrons. The molecule has 2 fully saturated rings. The first-order chi connectivity index (χ1) is 16.7. The number of alkyl carbamates (subject to hydrolysis) is 1. The summed E-state index contributed by atoms with van der Waals surface area (Å²) >= 11 is 0. The molecule has 2 aliphatic rings. The number of nitrogens with one attached hydrogen (secondary N) is 4. The highest BCUT2D eigenvalue weighted by molar-refractivity contribution is 6.38. The molecule has 3 atom stereocenters. The van der Waals surface area contributed by atoms with Crippen molar-refractivity contribution in [2.75, 3.05) is 6.54 Å². The van der Waals surface area contributed by atoms with Gasteiger partial charge >= 0.3 is 6.09 Å². The zero-order valence-electron chi connectivity index (χ0n) is 20.2. The van der Waals surface area contributed by atoms with E-state index in [2.05, 4.69) is 21.3 Å². The highest BCUT2D eigenvalue weighted by Crippen LogP contribution is 2.20. The van der Waals surface area contributed by atoms with Crippen LogP contribution in [-0.2, 0) is 30.5 Å². The van der Waals surface area contributed by atoms with E-state index in [1.165, 1.54) is 0 Å². The first kappa shape index (κ1) is 26.2. The van der Waals surface area contributed by atoms with Crippen LogP contribution in [0.25, 0.3) is 0 Å². The molecular weight excluding hydrogens is 452 g/mol. The second-order valence-electron chi connectivity index (χ2n) is 9.57. The Morgan fingerprint density at radius 3 is 2.34 bits per heavy atom. The van der Waals surface area contributed by atoms with Gasteiger partial charge in [0.05, 0.1) is 6.04 Å². The lowest BCUT2D eigenvalue weighted by molar-refractivity contribution is -0.141. The molecule has 3 rings (SSSR count). The van der Waals surface area contributed by atoms with E-state index in [9.17, 15) is 24.0 Å². The number of rotatable bonds is 12. The molecule has 1 aromatic rings. The number of benzene rings is 1. The first-order valence-electron chi connectivity index (χ1n) is 12.1. The number of ketones is 1. The standard InChI is InChI=1S/C25H34N4O6/c1-15(2)12-20(29-25(34)35-14-16-6-4-3-5-7-16)23(32)28-19(13-17-10-11-26-22(17)31)21(30)24(33)27-18-8-9-18/h3-7,15,17-20H,8-14H2,1-2H3,(H,26,31)(H,27,33)(H,28,32)(H,29,34)/t17-,19-,20-/m0/s1. The minimum Gasteiger partial charge on any atom is -0.445 e. The number of hydrogen-bond donors (Lipinski definition) is 4. The van der Waals surface area contributed by atoms with Crippen LogP contribution in [0.15, 0.2) is 30.3 Å². The molecule has 1 aliphatic heterocycles. The van der Waals surface area contributed by atoms with E-state index in [0.717, 1.165) is 18.4 Å². The molecule has 4 amide bonds. The van der Waals surface area contributed by atoms with Crippen LogP contribution >= 0.6 is 0 Å². The summed E-state index contributed by atoms with van der Waals surface area (Å²) in [4.78, 5) is 62.9. The van der Waals surface area contributed by atoms with Crippen molar-refractivity contribution >= 4 is 29.6 Å². The fourth-order valence-corrected chi connectivity index (χ4v) is 3.91. The van der Waals surface area contributed by atoms with Gasteiger partial charge in [-0.3, -0.25) is 19.2 Å². The summed E-state index contributed by atoms with van der Waals surface area (Å²) in [5.74, 6) is -2.81. The average molecular weight is 487 g/mol. The molecule has 10 heteroatoms. The first-order valence-corrected chi connectivity index (χ1v) is 12.1. The van der Waals surface area contributed by atoms with Gasteiger partial charge in [0, 0.05) is 18.5 Å². The molecule has 0 spiro atoms. The summed E-state index contributed by atoms with van der Waals surface area (Å²) in [7, 11) is 0. The highest BCUT2D eigenvalue weighted by Gasteiger charge is 2.37. The van der Waals surface area contributed by atoms with E-state index in [4.69, 9.17) is 4.74 Å². The van der Waals surface area contributed by atoms with E-state index in [1.807, 2.05) is 44.2 Å². The van der Waals surface area contributed by atoms with Crippen LogP contribution in [0.4, 0.5) is 4.79 Å². The zero-order chi connectivity index (χ0) is 25.4. The van der Waals surface area contributed by atoms with E-state index < -0.39 is 41.7 Å². The van der Waals surface area contributed by atoms with E-state index >= 15 is 0 Å². The molecule has 1 saturated carbocycles. The number of amides is 4. The Kier molecular flexibility index (Phi) is 9.22. The Bertz CT molecular complexity index is 931. The molecule has 0 bridgehead atoms. The Morgan fingerprint density at radius 1 is 1.03 bits per heavy atom. The van der Waals surface area contributed by atoms with E-state index in [-0.39, 0.29) is 30.9 Å². The zero-order valence-corrected chi connectivity index (χ0v) is 20.2. The van der Waals surface area contributed by atoms with Gasteiger partial charge < -0.3 is 26.0 Å². The smallest absolute Gasteiger partial charge is 0.408 e. The van der Waals surface area contributed by atoms with Crippen LogP contribution < -0.4 is 21.3 Å². The molecule has 1 saturated heterocycles. The summed E-state index contributed by atoms with van der Waals surface area (Å²) in [6.07, 6.45) is 1.69. The number of carbonyl (C=O) groups is 5. The van der Waals surface area contributed by atoms with Gasteiger partial charge in [0.2, 0.25) is 17.6 Å². The van der Waals surface area contributed by atoms with Crippen molar-refractivity contribution in [3.63, 3.8) is 0 Å².